The normalized spacial score (nSPS) is 10.5. The lowest BCUT2D eigenvalue weighted by molar-refractivity contribution is -0.118. The summed E-state index contributed by atoms with van der Waals surface area (Å²) in [6.45, 7) is 0.537. The van der Waals surface area contributed by atoms with Gasteiger partial charge in [0.05, 0.1) is 18.6 Å². The maximum absolute atomic E-state index is 13.0. The van der Waals surface area contributed by atoms with Gasteiger partial charge in [0.1, 0.15) is 16.6 Å². The molecule has 1 N–H and O–H groups in total. The zero-order chi connectivity index (χ0) is 19.8. The number of aromatic nitrogens is 2. The number of para-hydroxylation sites is 1. The number of nitrogens with zero attached hydrogens (tertiary/aromatic N) is 2. The maximum atomic E-state index is 13.0. The average molecular weight is 397 g/mol. The first-order chi connectivity index (χ1) is 13.7. The van der Waals surface area contributed by atoms with Gasteiger partial charge in [-0.25, -0.2) is 4.39 Å². The quantitative estimate of drug-likeness (QED) is 0.587. The van der Waals surface area contributed by atoms with Gasteiger partial charge in [0.25, 0.3) is 0 Å². The van der Waals surface area contributed by atoms with E-state index in [1.54, 1.807) is 25.3 Å². The zero-order valence-corrected chi connectivity index (χ0v) is 16.2. The summed E-state index contributed by atoms with van der Waals surface area (Å²) in [4.78, 5) is 12.0. The first-order valence-electron chi connectivity index (χ1n) is 8.77. The number of benzene rings is 2. The second-order valence-corrected chi connectivity index (χ2v) is 6.96. The molecule has 1 amide bonds. The van der Waals surface area contributed by atoms with Gasteiger partial charge in [-0.3, -0.25) is 4.79 Å². The number of thioether (sulfide) groups is 1. The molecule has 0 unspecified atom stereocenters. The van der Waals surface area contributed by atoms with Crippen molar-refractivity contribution in [2.45, 2.75) is 11.4 Å². The molecule has 7 heteroatoms. The predicted octanol–water partition coefficient (Wildman–Crippen LogP) is 3.74. The van der Waals surface area contributed by atoms with Crippen LogP contribution in [0, 0.1) is 5.82 Å². The van der Waals surface area contributed by atoms with Gasteiger partial charge in [-0.15, -0.1) is 10.2 Å². The number of hydrogen-bond acceptors (Lipinski definition) is 5. The Balaban J connectivity index is 1.45. The van der Waals surface area contributed by atoms with E-state index in [1.807, 2.05) is 30.3 Å². The highest BCUT2D eigenvalue weighted by molar-refractivity contribution is 7.99. The standard InChI is InChI=1S/C21H20FN3O2S/c1-27-19-5-3-2-4-16(19)12-13-23-20(26)14-28-21-11-10-18(24-25-21)15-6-8-17(22)9-7-15/h2-11H,12-14H2,1H3,(H,23,26). The number of carbonyl (C=O) groups is 1. The number of ether oxygens (including phenoxy) is 1. The maximum Gasteiger partial charge on any atom is 0.230 e. The van der Waals surface area contributed by atoms with E-state index in [0.717, 1.165) is 16.9 Å². The van der Waals surface area contributed by atoms with Crippen LogP contribution in [0.3, 0.4) is 0 Å². The topological polar surface area (TPSA) is 64.1 Å². The minimum atomic E-state index is -0.291. The van der Waals surface area contributed by atoms with Gasteiger partial charge in [0.15, 0.2) is 0 Å². The number of carbonyl (C=O) groups excluding carboxylic acids is 1. The lowest BCUT2D eigenvalue weighted by Gasteiger charge is -2.09. The number of hydrogen-bond donors (Lipinski definition) is 1. The lowest BCUT2D eigenvalue weighted by Crippen LogP contribution is -2.27. The monoisotopic (exact) mass is 397 g/mol. The molecular weight excluding hydrogens is 377 g/mol. The highest BCUT2D eigenvalue weighted by atomic mass is 32.2. The molecule has 1 heterocycles. The number of amides is 1. The van der Waals surface area contributed by atoms with Gasteiger partial charge in [0, 0.05) is 12.1 Å². The Morgan fingerprint density at radius 1 is 1.07 bits per heavy atom. The van der Waals surface area contributed by atoms with Crippen molar-refractivity contribution in [3.8, 4) is 17.0 Å². The summed E-state index contributed by atoms with van der Waals surface area (Å²) in [5.41, 5.74) is 2.50. The number of halogens is 1. The molecule has 0 aliphatic carbocycles. The van der Waals surface area contributed by atoms with Crippen molar-refractivity contribution in [2.24, 2.45) is 0 Å². The molecule has 0 saturated carbocycles. The van der Waals surface area contributed by atoms with Crippen LogP contribution < -0.4 is 10.1 Å². The SMILES string of the molecule is COc1ccccc1CCNC(=O)CSc1ccc(-c2ccc(F)cc2)nn1. The smallest absolute Gasteiger partial charge is 0.230 e. The minimum Gasteiger partial charge on any atom is -0.496 e. The third kappa shape index (κ3) is 5.53. The molecule has 3 rings (SSSR count). The minimum absolute atomic E-state index is 0.0655. The van der Waals surface area contributed by atoms with E-state index >= 15 is 0 Å². The highest BCUT2D eigenvalue weighted by Crippen LogP contribution is 2.20. The fourth-order valence-corrected chi connectivity index (χ4v) is 3.25. The number of rotatable bonds is 8. The molecule has 3 aromatic rings. The van der Waals surface area contributed by atoms with Crippen molar-refractivity contribution in [3.63, 3.8) is 0 Å². The largest absolute Gasteiger partial charge is 0.496 e. The van der Waals surface area contributed by atoms with Crippen molar-refractivity contribution in [3.05, 3.63) is 72.0 Å². The fourth-order valence-electron chi connectivity index (χ4n) is 2.61. The van der Waals surface area contributed by atoms with Crippen molar-refractivity contribution in [2.75, 3.05) is 19.4 Å². The van der Waals surface area contributed by atoms with Gasteiger partial charge < -0.3 is 10.1 Å². The van der Waals surface area contributed by atoms with Crippen LogP contribution in [0.4, 0.5) is 4.39 Å². The molecule has 0 aliphatic rings. The second kappa shape index (κ2) is 9.85. The summed E-state index contributed by atoms with van der Waals surface area (Å²) < 4.78 is 18.3. The summed E-state index contributed by atoms with van der Waals surface area (Å²) in [5, 5.41) is 11.8. The van der Waals surface area contributed by atoms with Gasteiger partial charge in [-0.2, -0.15) is 0 Å². The summed E-state index contributed by atoms with van der Waals surface area (Å²) in [7, 11) is 1.64. The Morgan fingerprint density at radius 2 is 1.86 bits per heavy atom. The van der Waals surface area contributed by atoms with E-state index in [1.165, 1.54) is 23.9 Å². The predicted molar refractivity (Wildman–Crippen MR) is 108 cm³/mol. The number of methoxy groups -OCH3 is 1. The molecular formula is C21H20FN3O2S. The molecule has 0 saturated heterocycles. The van der Waals surface area contributed by atoms with E-state index in [2.05, 4.69) is 15.5 Å². The Labute approximate surface area is 167 Å². The third-order valence-electron chi connectivity index (χ3n) is 4.04. The molecule has 0 aliphatic heterocycles. The molecule has 0 bridgehead atoms. The summed E-state index contributed by atoms with van der Waals surface area (Å²) in [6.07, 6.45) is 0.701. The summed E-state index contributed by atoms with van der Waals surface area (Å²) >= 11 is 1.32. The Kier molecular flexibility index (Phi) is 6.97. The van der Waals surface area contributed by atoms with E-state index in [-0.39, 0.29) is 17.5 Å². The van der Waals surface area contributed by atoms with Gasteiger partial charge in [-0.05, 0) is 54.4 Å². The lowest BCUT2D eigenvalue weighted by atomic mass is 10.1. The molecule has 28 heavy (non-hydrogen) atoms. The second-order valence-electron chi connectivity index (χ2n) is 5.96. The van der Waals surface area contributed by atoms with Crippen LogP contribution in [0.2, 0.25) is 0 Å². The molecule has 2 aromatic carbocycles. The van der Waals surface area contributed by atoms with Crippen molar-refractivity contribution in [1.82, 2.24) is 15.5 Å². The van der Waals surface area contributed by atoms with Crippen LogP contribution >= 0.6 is 11.8 Å². The van der Waals surface area contributed by atoms with E-state index < -0.39 is 0 Å². The molecule has 5 nitrogen and oxygen atoms in total. The first kappa shape index (κ1) is 19.8. The van der Waals surface area contributed by atoms with Gasteiger partial charge in [-0.1, -0.05) is 30.0 Å². The summed E-state index contributed by atoms with van der Waals surface area (Å²) in [5.74, 6) is 0.726. The van der Waals surface area contributed by atoms with Crippen LogP contribution in [-0.4, -0.2) is 35.5 Å². The van der Waals surface area contributed by atoms with Crippen LogP contribution in [0.5, 0.6) is 5.75 Å². The van der Waals surface area contributed by atoms with Crippen molar-refractivity contribution >= 4 is 17.7 Å². The van der Waals surface area contributed by atoms with Gasteiger partial charge in [0.2, 0.25) is 5.91 Å². The molecule has 0 fully saturated rings. The Bertz CT molecular complexity index is 918. The van der Waals surface area contributed by atoms with Crippen LogP contribution in [0.15, 0.2) is 65.7 Å². The third-order valence-corrected chi connectivity index (χ3v) is 4.96. The Hall–Kier alpha value is -2.93. The van der Waals surface area contributed by atoms with E-state index in [0.29, 0.717) is 23.7 Å². The fraction of sp³-hybridized carbons (Fsp3) is 0.190. The zero-order valence-electron chi connectivity index (χ0n) is 15.4. The average Bonchev–Trinajstić information content (AvgIpc) is 2.73. The summed E-state index contributed by atoms with van der Waals surface area (Å²) in [6, 6.07) is 17.4. The molecule has 1 aromatic heterocycles. The number of nitrogens with one attached hydrogen (secondary N) is 1. The molecule has 144 valence electrons. The molecule has 0 spiro atoms. The van der Waals surface area contributed by atoms with Crippen molar-refractivity contribution in [1.29, 1.82) is 0 Å². The Morgan fingerprint density at radius 3 is 2.57 bits per heavy atom. The van der Waals surface area contributed by atoms with E-state index in [4.69, 9.17) is 4.74 Å². The highest BCUT2D eigenvalue weighted by Gasteiger charge is 2.07. The van der Waals surface area contributed by atoms with Crippen LogP contribution in [0.25, 0.3) is 11.3 Å². The van der Waals surface area contributed by atoms with Crippen molar-refractivity contribution < 1.29 is 13.9 Å². The molecule has 0 atom stereocenters. The van der Waals surface area contributed by atoms with Gasteiger partial charge >= 0.3 is 0 Å². The first-order valence-corrected chi connectivity index (χ1v) is 9.75. The van der Waals surface area contributed by atoms with E-state index in [9.17, 15) is 9.18 Å². The van der Waals surface area contributed by atoms with Crippen LogP contribution in [-0.2, 0) is 11.2 Å². The molecule has 0 radical (unpaired) electrons. The van der Waals surface area contributed by atoms with Crippen LogP contribution in [0.1, 0.15) is 5.56 Å².